The lowest BCUT2D eigenvalue weighted by atomic mass is 10.5. The first-order valence-corrected chi connectivity index (χ1v) is 12.6. The van der Waals surface area contributed by atoms with Crippen LogP contribution in [0.4, 0.5) is 0 Å². The summed E-state index contributed by atoms with van der Waals surface area (Å²) in [5.74, 6) is 0. The van der Waals surface area contributed by atoms with E-state index in [1.54, 1.807) is 7.11 Å². The first kappa shape index (κ1) is 34.6. The molecule has 11 heteroatoms. The zero-order valence-electron chi connectivity index (χ0n) is 22.2. The molecule has 0 amide bonds. The average molecular weight is 515 g/mol. The van der Waals surface area contributed by atoms with Crippen LogP contribution in [0.5, 0.6) is 0 Å². The molecule has 0 aromatic rings. The van der Waals surface area contributed by atoms with Crippen LogP contribution in [0, 0.1) is 0 Å². The van der Waals surface area contributed by atoms with Gasteiger partial charge in [0.1, 0.15) is 0 Å². The predicted molar refractivity (Wildman–Crippen MR) is 130 cm³/mol. The molecule has 0 atom stereocenters. The van der Waals surface area contributed by atoms with Crippen LogP contribution in [0.2, 0.25) is 0 Å². The van der Waals surface area contributed by atoms with Gasteiger partial charge in [-0.15, -0.1) is 0 Å². The smallest absolute Gasteiger partial charge is 0.0703 e. The van der Waals surface area contributed by atoms with Gasteiger partial charge in [-0.1, -0.05) is 0 Å². The van der Waals surface area contributed by atoms with E-state index in [1.165, 1.54) is 0 Å². The predicted octanol–water partition coefficient (Wildman–Crippen LogP) is 1.21. The quantitative estimate of drug-likeness (QED) is 0.125. The van der Waals surface area contributed by atoms with E-state index < -0.39 is 0 Å². The lowest BCUT2D eigenvalue weighted by Crippen LogP contribution is -2.15. The van der Waals surface area contributed by atoms with Gasteiger partial charge in [0.05, 0.1) is 138 Å². The maximum Gasteiger partial charge on any atom is 0.0703 e. The summed E-state index contributed by atoms with van der Waals surface area (Å²) in [6.07, 6.45) is 0.236. The van der Waals surface area contributed by atoms with E-state index in [0.29, 0.717) is 132 Å². The number of methoxy groups -OCH3 is 1. The van der Waals surface area contributed by atoms with Gasteiger partial charge in [-0.25, -0.2) is 0 Å². The van der Waals surface area contributed by atoms with Crippen molar-refractivity contribution in [1.29, 1.82) is 0 Å². The van der Waals surface area contributed by atoms with E-state index in [9.17, 15) is 0 Å². The van der Waals surface area contributed by atoms with Gasteiger partial charge in [0.25, 0.3) is 0 Å². The third kappa shape index (κ3) is 33.6. The van der Waals surface area contributed by atoms with Crippen molar-refractivity contribution in [2.24, 2.45) is 0 Å². The Morgan fingerprint density at radius 2 is 0.514 bits per heavy atom. The van der Waals surface area contributed by atoms with Crippen LogP contribution in [0.1, 0.15) is 13.8 Å². The Bertz CT molecular complexity index is 375. The van der Waals surface area contributed by atoms with E-state index in [-0.39, 0.29) is 6.10 Å². The topological polar surface area (TPSA) is 102 Å². The van der Waals surface area contributed by atoms with Crippen molar-refractivity contribution in [2.45, 2.75) is 20.0 Å². The molecular weight excluding hydrogens is 464 g/mol. The summed E-state index contributed by atoms with van der Waals surface area (Å²) >= 11 is 0. The van der Waals surface area contributed by atoms with Crippen molar-refractivity contribution < 1.29 is 52.1 Å². The third-order valence-corrected chi connectivity index (χ3v) is 4.09. The summed E-state index contributed by atoms with van der Waals surface area (Å²) in [6, 6.07) is 0. The summed E-state index contributed by atoms with van der Waals surface area (Å²) in [5, 5.41) is 0. The lowest BCUT2D eigenvalue weighted by molar-refractivity contribution is -0.0283. The van der Waals surface area contributed by atoms with Gasteiger partial charge in [0.2, 0.25) is 0 Å². The van der Waals surface area contributed by atoms with Crippen LogP contribution in [0.3, 0.4) is 0 Å². The molecule has 0 N–H and O–H groups in total. The van der Waals surface area contributed by atoms with Crippen molar-refractivity contribution in [3.8, 4) is 0 Å². The second-order valence-corrected chi connectivity index (χ2v) is 7.42. The fraction of sp³-hybridized carbons (Fsp3) is 1.00. The van der Waals surface area contributed by atoms with Crippen molar-refractivity contribution >= 4 is 0 Å². The molecule has 0 rings (SSSR count). The van der Waals surface area contributed by atoms with Gasteiger partial charge in [-0.3, -0.25) is 0 Å². The fourth-order valence-corrected chi connectivity index (χ4v) is 2.35. The zero-order chi connectivity index (χ0) is 25.5. The highest BCUT2D eigenvalue weighted by Crippen LogP contribution is 1.88. The average Bonchev–Trinajstić information content (AvgIpc) is 2.85. The minimum Gasteiger partial charge on any atom is -0.382 e. The summed E-state index contributed by atoms with van der Waals surface area (Å²) < 4.78 is 58.9. The zero-order valence-corrected chi connectivity index (χ0v) is 22.2. The molecule has 0 aliphatic rings. The lowest BCUT2D eigenvalue weighted by Gasteiger charge is -2.09. The first-order chi connectivity index (χ1) is 17.3. The summed E-state index contributed by atoms with van der Waals surface area (Å²) in [6.45, 7) is 15.0. The molecule has 11 nitrogen and oxygen atoms in total. The normalized spacial score (nSPS) is 11.7. The van der Waals surface area contributed by atoms with Gasteiger partial charge in [-0.2, -0.15) is 0 Å². The van der Waals surface area contributed by atoms with Crippen molar-refractivity contribution in [3.63, 3.8) is 0 Å². The third-order valence-electron chi connectivity index (χ3n) is 4.09. The fourth-order valence-electron chi connectivity index (χ4n) is 2.35. The van der Waals surface area contributed by atoms with Gasteiger partial charge >= 0.3 is 0 Å². The minimum absolute atomic E-state index is 0.236. The van der Waals surface area contributed by atoms with Gasteiger partial charge in [0.15, 0.2) is 0 Å². The molecule has 0 aromatic heterocycles. The Morgan fingerprint density at radius 3 is 0.714 bits per heavy atom. The number of hydrogen-bond acceptors (Lipinski definition) is 11. The maximum atomic E-state index is 5.45. The maximum absolute atomic E-state index is 5.45. The summed E-state index contributed by atoms with van der Waals surface area (Å²) in [7, 11) is 1.65. The molecule has 212 valence electrons. The Labute approximate surface area is 211 Å². The van der Waals surface area contributed by atoms with E-state index >= 15 is 0 Å². The van der Waals surface area contributed by atoms with Gasteiger partial charge in [-0.05, 0) is 13.8 Å². The Balaban J connectivity index is 3.01. The van der Waals surface area contributed by atoms with Crippen LogP contribution in [-0.4, -0.2) is 145 Å². The molecule has 0 radical (unpaired) electrons. The molecule has 0 saturated carbocycles. The molecular formula is C24H50O11. The van der Waals surface area contributed by atoms with E-state index in [1.807, 2.05) is 13.8 Å². The molecule has 0 aliphatic carbocycles. The minimum atomic E-state index is 0.236. The van der Waals surface area contributed by atoms with Crippen LogP contribution in [0.15, 0.2) is 0 Å². The Kier molecular flexibility index (Phi) is 31.2. The molecule has 0 bridgehead atoms. The number of hydrogen-bond donors (Lipinski definition) is 0. The summed E-state index contributed by atoms with van der Waals surface area (Å²) in [5.41, 5.74) is 0. The Hall–Kier alpha value is -0.440. The molecule has 0 unspecified atom stereocenters. The van der Waals surface area contributed by atoms with Crippen LogP contribution < -0.4 is 0 Å². The molecule has 0 fully saturated rings. The highest BCUT2D eigenvalue weighted by atomic mass is 16.6. The van der Waals surface area contributed by atoms with Crippen LogP contribution in [-0.2, 0) is 52.1 Å². The highest BCUT2D eigenvalue weighted by Gasteiger charge is 1.96. The molecule has 35 heavy (non-hydrogen) atoms. The number of ether oxygens (including phenoxy) is 11. The number of rotatable bonds is 31. The molecule has 0 saturated heterocycles. The van der Waals surface area contributed by atoms with E-state index in [4.69, 9.17) is 52.1 Å². The SMILES string of the molecule is COCCOCCOCCOCCOCCOCCOCCOCCOCCOCCOC(C)C. The molecule has 0 aliphatic heterocycles. The van der Waals surface area contributed by atoms with Gasteiger partial charge in [0, 0.05) is 7.11 Å². The van der Waals surface area contributed by atoms with E-state index in [0.717, 1.165) is 0 Å². The summed E-state index contributed by atoms with van der Waals surface area (Å²) in [4.78, 5) is 0. The van der Waals surface area contributed by atoms with Crippen molar-refractivity contribution in [1.82, 2.24) is 0 Å². The standard InChI is InChI=1S/C24H50O11/c1-24(2)35-23-22-34-21-20-33-19-18-32-17-16-31-15-14-30-13-12-29-11-10-28-9-8-27-7-6-26-5-4-25-3/h24H,4-23H2,1-3H3. The first-order valence-electron chi connectivity index (χ1n) is 12.6. The van der Waals surface area contributed by atoms with Crippen molar-refractivity contribution in [3.05, 3.63) is 0 Å². The highest BCUT2D eigenvalue weighted by molar-refractivity contribution is 4.39. The molecule has 0 heterocycles. The van der Waals surface area contributed by atoms with Crippen LogP contribution >= 0.6 is 0 Å². The second-order valence-electron chi connectivity index (χ2n) is 7.42. The molecule has 0 aromatic carbocycles. The monoisotopic (exact) mass is 514 g/mol. The Morgan fingerprint density at radius 1 is 0.314 bits per heavy atom. The molecule has 0 spiro atoms. The van der Waals surface area contributed by atoms with Crippen molar-refractivity contribution in [2.75, 3.05) is 139 Å². The largest absolute Gasteiger partial charge is 0.382 e. The van der Waals surface area contributed by atoms with Gasteiger partial charge < -0.3 is 52.1 Å². The second kappa shape index (κ2) is 31.6. The van der Waals surface area contributed by atoms with E-state index in [2.05, 4.69) is 0 Å². The van der Waals surface area contributed by atoms with Crippen LogP contribution in [0.25, 0.3) is 0 Å².